The zero-order chi connectivity index (χ0) is 12.0. The Morgan fingerprint density at radius 3 is 2.56 bits per heavy atom. The smallest absolute Gasteiger partial charge is 0.221 e. The maximum Gasteiger partial charge on any atom is 0.221 e. The molecule has 16 heavy (non-hydrogen) atoms. The molecule has 1 saturated carbocycles. The number of amides is 1. The molecule has 1 atom stereocenters. The molecule has 0 saturated heterocycles. The minimum atomic E-state index is -0.251. The second kappa shape index (κ2) is 6.86. The van der Waals surface area contributed by atoms with Gasteiger partial charge in [-0.1, -0.05) is 26.2 Å². The third kappa shape index (κ3) is 4.10. The molecule has 0 spiro atoms. The molecule has 4 heteroatoms. The summed E-state index contributed by atoms with van der Waals surface area (Å²) < 4.78 is 0. The highest BCUT2D eigenvalue weighted by molar-refractivity contribution is 5.76. The van der Waals surface area contributed by atoms with Crippen molar-refractivity contribution in [3.8, 4) is 0 Å². The van der Waals surface area contributed by atoms with Crippen molar-refractivity contribution < 1.29 is 9.90 Å². The molecule has 0 heterocycles. The maximum absolute atomic E-state index is 11.1. The first kappa shape index (κ1) is 13.5. The van der Waals surface area contributed by atoms with Gasteiger partial charge in [-0.25, -0.2) is 0 Å². The highest BCUT2D eigenvalue weighted by Gasteiger charge is 2.23. The fourth-order valence-corrected chi connectivity index (χ4v) is 2.44. The SMILES string of the molecule is CC(CN(CCO)C1CCCCC1)C(N)=O. The summed E-state index contributed by atoms with van der Waals surface area (Å²) in [5.74, 6) is -0.382. The molecule has 0 aromatic carbocycles. The lowest BCUT2D eigenvalue weighted by molar-refractivity contribution is -0.122. The van der Waals surface area contributed by atoms with Crippen molar-refractivity contribution in [3.05, 3.63) is 0 Å². The fraction of sp³-hybridized carbons (Fsp3) is 0.917. The summed E-state index contributed by atoms with van der Waals surface area (Å²) in [4.78, 5) is 13.3. The van der Waals surface area contributed by atoms with Crippen LogP contribution in [0.1, 0.15) is 39.0 Å². The molecule has 0 bridgehead atoms. The number of aliphatic hydroxyl groups is 1. The molecule has 0 aromatic heterocycles. The van der Waals surface area contributed by atoms with Crippen LogP contribution in [0.25, 0.3) is 0 Å². The van der Waals surface area contributed by atoms with E-state index in [4.69, 9.17) is 10.8 Å². The van der Waals surface area contributed by atoms with Crippen LogP contribution >= 0.6 is 0 Å². The first-order valence-electron chi connectivity index (χ1n) is 6.29. The molecular weight excluding hydrogens is 204 g/mol. The molecule has 1 aliphatic rings. The second-order valence-corrected chi connectivity index (χ2v) is 4.81. The number of carbonyl (C=O) groups excluding carboxylic acids is 1. The van der Waals surface area contributed by atoms with Gasteiger partial charge in [-0.3, -0.25) is 9.69 Å². The van der Waals surface area contributed by atoms with Gasteiger partial charge in [0.05, 0.1) is 6.61 Å². The molecule has 1 unspecified atom stereocenters. The average Bonchev–Trinajstić information content (AvgIpc) is 2.29. The minimum absolute atomic E-state index is 0.131. The number of primary amides is 1. The van der Waals surface area contributed by atoms with E-state index in [0.717, 1.165) is 0 Å². The van der Waals surface area contributed by atoms with E-state index in [-0.39, 0.29) is 18.4 Å². The average molecular weight is 228 g/mol. The molecule has 1 aliphatic carbocycles. The molecule has 3 N–H and O–H groups in total. The molecule has 0 aliphatic heterocycles. The summed E-state index contributed by atoms with van der Waals surface area (Å²) >= 11 is 0. The molecule has 0 radical (unpaired) electrons. The summed E-state index contributed by atoms with van der Waals surface area (Å²) in [6.45, 7) is 3.35. The van der Waals surface area contributed by atoms with Crippen molar-refractivity contribution in [1.82, 2.24) is 4.90 Å². The van der Waals surface area contributed by atoms with Crippen molar-refractivity contribution in [2.45, 2.75) is 45.1 Å². The Labute approximate surface area is 97.8 Å². The van der Waals surface area contributed by atoms with Crippen LogP contribution in [-0.2, 0) is 4.79 Å². The van der Waals surface area contributed by atoms with E-state index in [0.29, 0.717) is 19.1 Å². The van der Waals surface area contributed by atoms with E-state index in [2.05, 4.69) is 4.90 Å². The van der Waals surface area contributed by atoms with Crippen molar-refractivity contribution in [3.63, 3.8) is 0 Å². The van der Waals surface area contributed by atoms with Crippen LogP contribution in [0.4, 0.5) is 0 Å². The summed E-state index contributed by atoms with van der Waals surface area (Å²) in [5, 5.41) is 9.06. The molecule has 1 fully saturated rings. The zero-order valence-corrected chi connectivity index (χ0v) is 10.2. The highest BCUT2D eigenvalue weighted by atomic mass is 16.3. The van der Waals surface area contributed by atoms with Gasteiger partial charge in [0.25, 0.3) is 0 Å². The lowest BCUT2D eigenvalue weighted by atomic mass is 9.93. The Bertz CT molecular complexity index is 215. The van der Waals surface area contributed by atoms with Gasteiger partial charge < -0.3 is 10.8 Å². The van der Waals surface area contributed by atoms with Crippen LogP contribution in [0.5, 0.6) is 0 Å². The standard InChI is InChI=1S/C12H24N2O2/c1-10(12(13)16)9-14(7-8-15)11-5-3-2-4-6-11/h10-11,15H,2-9H2,1H3,(H2,13,16). The topological polar surface area (TPSA) is 66.6 Å². The summed E-state index contributed by atoms with van der Waals surface area (Å²) in [6.07, 6.45) is 6.21. The van der Waals surface area contributed by atoms with Crippen LogP contribution in [0.15, 0.2) is 0 Å². The Morgan fingerprint density at radius 1 is 1.44 bits per heavy atom. The van der Waals surface area contributed by atoms with Crippen molar-refractivity contribution in [2.75, 3.05) is 19.7 Å². The quantitative estimate of drug-likeness (QED) is 0.704. The molecular formula is C12H24N2O2. The summed E-state index contributed by atoms with van der Waals surface area (Å²) in [6, 6.07) is 0.530. The normalized spacial score (nSPS) is 19.9. The van der Waals surface area contributed by atoms with Gasteiger partial charge in [0.15, 0.2) is 0 Å². The molecule has 0 aromatic rings. The molecule has 1 rings (SSSR count). The molecule has 1 amide bonds. The maximum atomic E-state index is 11.1. The lowest BCUT2D eigenvalue weighted by Crippen LogP contribution is -2.43. The number of hydrogen-bond acceptors (Lipinski definition) is 3. The minimum Gasteiger partial charge on any atom is -0.395 e. The highest BCUT2D eigenvalue weighted by Crippen LogP contribution is 2.23. The monoisotopic (exact) mass is 228 g/mol. The van der Waals surface area contributed by atoms with Gasteiger partial charge in [-0.2, -0.15) is 0 Å². The second-order valence-electron chi connectivity index (χ2n) is 4.81. The number of aliphatic hydroxyl groups excluding tert-OH is 1. The predicted molar refractivity (Wildman–Crippen MR) is 63.9 cm³/mol. The van der Waals surface area contributed by atoms with Gasteiger partial charge in [0.1, 0.15) is 0 Å². The number of nitrogens with two attached hydrogens (primary N) is 1. The Morgan fingerprint density at radius 2 is 2.06 bits per heavy atom. The van der Waals surface area contributed by atoms with Gasteiger partial charge >= 0.3 is 0 Å². The van der Waals surface area contributed by atoms with Gasteiger partial charge in [0.2, 0.25) is 5.91 Å². The van der Waals surface area contributed by atoms with Crippen molar-refractivity contribution >= 4 is 5.91 Å². The molecule has 4 nitrogen and oxygen atoms in total. The first-order valence-corrected chi connectivity index (χ1v) is 6.29. The third-order valence-electron chi connectivity index (χ3n) is 3.47. The fourth-order valence-electron chi connectivity index (χ4n) is 2.44. The van der Waals surface area contributed by atoms with E-state index in [1.165, 1.54) is 32.1 Å². The van der Waals surface area contributed by atoms with E-state index in [9.17, 15) is 4.79 Å². The van der Waals surface area contributed by atoms with Crippen molar-refractivity contribution in [1.29, 1.82) is 0 Å². The Kier molecular flexibility index (Phi) is 5.77. The largest absolute Gasteiger partial charge is 0.395 e. The number of nitrogens with zero attached hydrogens (tertiary/aromatic N) is 1. The van der Waals surface area contributed by atoms with E-state index in [1.807, 2.05) is 6.92 Å². The van der Waals surface area contributed by atoms with E-state index >= 15 is 0 Å². The summed E-state index contributed by atoms with van der Waals surface area (Å²) in [7, 11) is 0. The zero-order valence-electron chi connectivity index (χ0n) is 10.2. The number of carbonyl (C=O) groups is 1. The molecule has 94 valence electrons. The van der Waals surface area contributed by atoms with E-state index in [1.54, 1.807) is 0 Å². The first-order chi connectivity index (χ1) is 7.65. The number of hydrogen-bond donors (Lipinski definition) is 2. The van der Waals surface area contributed by atoms with Gasteiger partial charge in [0, 0.05) is 25.0 Å². The van der Waals surface area contributed by atoms with Crippen LogP contribution in [0.3, 0.4) is 0 Å². The van der Waals surface area contributed by atoms with Crippen LogP contribution in [-0.4, -0.2) is 41.7 Å². The van der Waals surface area contributed by atoms with Crippen LogP contribution in [0, 0.1) is 5.92 Å². The van der Waals surface area contributed by atoms with Crippen LogP contribution < -0.4 is 5.73 Å². The van der Waals surface area contributed by atoms with Crippen LogP contribution in [0.2, 0.25) is 0 Å². The summed E-state index contributed by atoms with van der Waals surface area (Å²) in [5.41, 5.74) is 5.28. The van der Waals surface area contributed by atoms with Gasteiger partial charge in [-0.05, 0) is 12.8 Å². The Hall–Kier alpha value is -0.610. The van der Waals surface area contributed by atoms with Gasteiger partial charge in [-0.15, -0.1) is 0 Å². The Balaban J connectivity index is 2.48. The van der Waals surface area contributed by atoms with Crippen molar-refractivity contribution in [2.24, 2.45) is 11.7 Å². The predicted octanol–water partition coefficient (Wildman–Crippen LogP) is 0.735. The van der Waals surface area contributed by atoms with E-state index < -0.39 is 0 Å². The number of rotatable bonds is 6. The lowest BCUT2D eigenvalue weighted by Gasteiger charge is -2.35. The third-order valence-corrected chi connectivity index (χ3v) is 3.47.